The van der Waals surface area contributed by atoms with Crippen molar-refractivity contribution in [2.45, 2.75) is 40.2 Å². The standard InChI is InChI=1S/C27H32N2O5S/c1-4-32-22-15-21(16-23(17-22)33-5-2)26(30)29(14-10-13-20-11-8-7-9-12-20)18-25-28-24(19-35-25)27(31)34-6-3/h7-9,11-12,15-17,19H,4-6,10,13-14,18H2,1-3H3. The molecule has 0 saturated carbocycles. The number of amides is 1. The largest absolute Gasteiger partial charge is 0.494 e. The monoisotopic (exact) mass is 496 g/mol. The van der Waals surface area contributed by atoms with Crippen LogP contribution in [0.5, 0.6) is 11.5 Å². The third-order valence-electron chi connectivity index (χ3n) is 5.13. The average molecular weight is 497 g/mol. The molecule has 0 aliphatic heterocycles. The lowest BCUT2D eigenvalue weighted by atomic mass is 10.1. The van der Waals surface area contributed by atoms with Gasteiger partial charge in [0.1, 0.15) is 16.5 Å². The van der Waals surface area contributed by atoms with Crippen molar-refractivity contribution >= 4 is 23.2 Å². The molecule has 0 unspecified atom stereocenters. The van der Waals surface area contributed by atoms with E-state index in [-0.39, 0.29) is 18.2 Å². The molecule has 3 rings (SSSR count). The fourth-order valence-electron chi connectivity index (χ4n) is 3.59. The first kappa shape index (κ1) is 26.2. The van der Waals surface area contributed by atoms with Crippen molar-refractivity contribution in [3.8, 4) is 11.5 Å². The molecule has 186 valence electrons. The van der Waals surface area contributed by atoms with Gasteiger partial charge < -0.3 is 19.1 Å². The Morgan fingerprint density at radius 2 is 1.63 bits per heavy atom. The number of esters is 1. The summed E-state index contributed by atoms with van der Waals surface area (Å²) in [5.74, 6) is 0.575. The highest BCUT2D eigenvalue weighted by atomic mass is 32.1. The molecule has 0 atom stereocenters. The fourth-order valence-corrected chi connectivity index (χ4v) is 4.37. The quantitative estimate of drug-likeness (QED) is 0.295. The maximum atomic E-state index is 13.6. The van der Waals surface area contributed by atoms with Crippen LogP contribution in [0, 0.1) is 0 Å². The van der Waals surface area contributed by atoms with E-state index in [9.17, 15) is 9.59 Å². The Balaban J connectivity index is 1.82. The summed E-state index contributed by atoms with van der Waals surface area (Å²) in [6.07, 6.45) is 1.63. The van der Waals surface area contributed by atoms with Crippen LogP contribution in [0.2, 0.25) is 0 Å². The zero-order valence-corrected chi connectivity index (χ0v) is 21.3. The molecule has 8 heteroatoms. The number of benzene rings is 2. The number of nitrogens with zero attached hydrogens (tertiary/aromatic N) is 2. The predicted octanol–water partition coefficient (Wildman–Crippen LogP) is 5.39. The van der Waals surface area contributed by atoms with E-state index in [0.717, 1.165) is 12.8 Å². The van der Waals surface area contributed by atoms with Gasteiger partial charge in [-0.15, -0.1) is 11.3 Å². The van der Waals surface area contributed by atoms with Crippen LogP contribution < -0.4 is 9.47 Å². The Kier molecular flexibility index (Phi) is 10.1. The maximum Gasteiger partial charge on any atom is 0.357 e. The number of rotatable bonds is 13. The summed E-state index contributed by atoms with van der Waals surface area (Å²) in [7, 11) is 0. The fraction of sp³-hybridized carbons (Fsp3) is 0.370. The van der Waals surface area contributed by atoms with E-state index in [2.05, 4.69) is 17.1 Å². The summed E-state index contributed by atoms with van der Waals surface area (Å²) in [6.45, 7) is 7.63. The van der Waals surface area contributed by atoms with Gasteiger partial charge in [-0.05, 0) is 51.3 Å². The highest BCUT2D eigenvalue weighted by Crippen LogP contribution is 2.25. The van der Waals surface area contributed by atoms with Gasteiger partial charge in [0.15, 0.2) is 5.69 Å². The molecule has 7 nitrogen and oxygen atoms in total. The van der Waals surface area contributed by atoms with Crippen molar-refractivity contribution in [2.75, 3.05) is 26.4 Å². The van der Waals surface area contributed by atoms with Crippen LogP contribution in [-0.4, -0.2) is 48.1 Å². The summed E-state index contributed by atoms with van der Waals surface area (Å²) in [5, 5.41) is 2.34. The lowest BCUT2D eigenvalue weighted by Crippen LogP contribution is -2.32. The number of thiazole rings is 1. The molecule has 0 aliphatic carbocycles. The second kappa shape index (κ2) is 13.5. The van der Waals surface area contributed by atoms with Crippen LogP contribution in [0.3, 0.4) is 0 Å². The maximum absolute atomic E-state index is 13.6. The van der Waals surface area contributed by atoms with E-state index < -0.39 is 5.97 Å². The van der Waals surface area contributed by atoms with Crippen molar-refractivity contribution in [1.82, 2.24) is 9.88 Å². The first-order valence-corrected chi connectivity index (χ1v) is 12.8. The predicted molar refractivity (Wildman–Crippen MR) is 136 cm³/mol. The normalized spacial score (nSPS) is 10.6. The van der Waals surface area contributed by atoms with Gasteiger partial charge in [-0.25, -0.2) is 9.78 Å². The van der Waals surface area contributed by atoms with Crippen molar-refractivity contribution in [1.29, 1.82) is 0 Å². The molecule has 0 radical (unpaired) electrons. The molecule has 1 aromatic heterocycles. The van der Waals surface area contributed by atoms with E-state index in [4.69, 9.17) is 14.2 Å². The Morgan fingerprint density at radius 1 is 0.943 bits per heavy atom. The van der Waals surface area contributed by atoms with Crippen LogP contribution in [-0.2, 0) is 17.7 Å². The molecule has 0 fully saturated rings. The molecule has 0 saturated heterocycles. The molecule has 35 heavy (non-hydrogen) atoms. The van der Waals surface area contributed by atoms with E-state index in [0.29, 0.717) is 48.4 Å². The average Bonchev–Trinajstić information content (AvgIpc) is 3.33. The van der Waals surface area contributed by atoms with Gasteiger partial charge in [-0.2, -0.15) is 0 Å². The smallest absolute Gasteiger partial charge is 0.357 e. The summed E-state index contributed by atoms with van der Waals surface area (Å²) >= 11 is 1.34. The first-order valence-electron chi connectivity index (χ1n) is 11.9. The second-order valence-electron chi connectivity index (χ2n) is 7.72. The molecule has 1 amide bonds. The molecule has 0 bridgehead atoms. The summed E-state index contributed by atoms with van der Waals surface area (Å²) < 4.78 is 16.4. The lowest BCUT2D eigenvalue weighted by Gasteiger charge is -2.22. The summed E-state index contributed by atoms with van der Waals surface area (Å²) in [4.78, 5) is 31.9. The van der Waals surface area contributed by atoms with E-state index >= 15 is 0 Å². The molecule has 1 heterocycles. The van der Waals surface area contributed by atoms with Gasteiger partial charge >= 0.3 is 5.97 Å². The van der Waals surface area contributed by atoms with Gasteiger partial charge in [0, 0.05) is 23.6 Å². The van der Waals surface area contributed by atoms with Crippen LogP contribution >= 0.6 is 11.3 Å². The Bertz CT molecular complexity index is 1080. The Labute approximate surface area is 210 Å². The minimum atomic E-state index is -0.456. The molecule has 0 aliphatic rings. The number of aryl methyl sites for hydroxylation is 1. The molecule has 0 spiro atoms. The first-order chi connectivity index (χ1) is 17.0. The third kappa shape index (κ3) is 7.82. The highest BCUT2D eigenvalue weighted by Gasteiger charge is 2.21. The summed E-state index contributed by atoms with van der Waals surface area (Å²) in [5.41, 5.74) is 1.97. The van der Waals surface area contributed by atoms with Crippen molar-refractivity contribution in [2.24, 2.45) is 0 Å². The van der Waals surface area contributed by atoms with Crippen LogP contribution in [0.1, 0.15) is 58.6 Å². The van der Waals surface area contributed by atoms with Crippen LogP contribution in [0.4, 0.5) is 0 Å². The Hall–Kier alpha value is -3.39. The second-order valence-corrected chi connectivity index (χ2v) is 8.66. The zero-order valence-electron chi connectivity index (χ0n) is 20.5. The Morgan fingerprint density at radius 3 is 2.26 bits per heavy atom. The van der Waals surface area contributed by atoms with Crippen molar-refractivity contribution < 1.29 is 23.8 Å². The number of hydrogen-bond donors (Lipinski definition) is 0. The van der Waals surface area contributed by atoms with Gasteiger partial charge in [0.05, 0.1) is 26.4 Å². The van der Waals surface area contributed by atoms with Gasteiger partial charge in [-0.3, -0.25) is 4.79 Å². The number of hydrogen-bond acceptors (Lipinski definition) is 7. The number of aromatic nitrogens is 1. The van der Waals surface area contributed by atoms with E-state index in [1.165, 1.54) is 16.9 Å². The number of ether oxygens (including phenoxy) is 3. The molecule has 0 N–H and O–H groups in total. The molecule has 3 aromatic rings. The van der Waals surface area contributed by atoms with Gasteiger partial charge in [0.25, 0.3) is 5.91 Å². The molecular formula is C27H32N2O5S. The molecule has 2 aromatic carbocycles. The van der Waals surface area contributed by atoms with Crippen LogP contribution in [0.15, 0.2) is 53.9 Å². The SMILES string of the molecule is CCOC(=O)c1csc(CN(CCCc2ccccc2)C(=O)c2cc(OCC)cc(OCC)c2)n1. The van der Waals surface area contributed by atoms with Gasteiger partial charge in [-0.1, -0.05) is 30.3 Å². The number of carbonyl (C=O) groups is 2. The van der Waals surface area contributed by atoms with Crippen molar-refractivity contribution in [3.63, 3.8) is 0 Å². The van der Waals surface area contributed by atoms with E-state index in [1.807, 2.05) is 32.0 Å². The summed E-state index contributed by atoms with van der Waals surface area (Å²) in [6, 6.07) is 15.4. The van der Waals surface area contributed by atoms with Crippen molar-refractivity contribution in [3.05, 3.63) is 75.7 Å². The van der Waals surface area contributed by atoms with E-state index in [1.54, 1.807) is 35.4 Å². The highest BCUT2D eigenvalue weighted by molar-refractivity contribution is 7.09. The van der Waals surface area contributed by atoms with Crippen LogP contribution in [0.25, 0.3) is 0 Å². The van der Waals surface area contributed by atoms with Gasteiger partial charge in [0.2, 0.25) is 0 Å². The lowest BCUT2D eigenvalue weighted by molar-refractivity contribution is 0.0520. The topological polar surface area (TPSA) is 78.0 Å². The third-order valence-corrected chi connectivity index (χ3v) is 5.97. The minimum Gasteiger partial charge on any atom is -0.494 e. The number of carbonyl (C=O) groups excluding carboxylic acids is 2. The molecular weight excluding hydrogens is 464 g/mol. The minimum absolute atomic E-state index is 0.145. The zero-order chi connectivity index (χ0) is 25.0.